The zero-order valence-corrected chi connectivity index (χ0v) is 18.2. The summed E-state index contributed by atoms with van der Waals surface area (Å²) in [5, 5.41) is 4.90. The normalized spacial score (nSPS) is 11.9. The largest absolute Gasteiger partial charge is 0.465 e. The number of fused-ring (bicyclic) bond motifs is 1. The second-order valence-corrected chi connectivity index (χ2v) is 7.62. The Hall–Kier alpha value is -3.99. The van der Waals surface area contributed by atoms with Gasteiger partial charge in [-0.3, -0.25) is 4.79 Å². The van der Waals surface area contributed by atoms with E-state index >= 15 is 0 Å². The van der Waals surface area contributed by atoms with Crippen molar-refractivity contribution in [3.63, 3.8) is 0 Å². The predicted molar refractivity (Wildman–Crippen MR) is 129 cm³/mol. The lowest BCUT2D eigenvalue weighted by atomic mass is 10.0. The molecule has 32 heavy (non-hydrogen) atoms. The van der Waals surface area contributed by atoms with Crippen LogP contribution in [0.4, 0.5) is 0 Å². The molecule has 5 heteroatoms. The molecule has 0 spiro atoms. The minimum atomic E-state index is -0.283. The number of benzene rings is 2. The van der Waals surface area contributed by atoms with Crippen molar-refractivity contribution in [1.82, 2.24) is 10.4 Å². The van der Waals surface area contributed by atoms with Crippen molar-refractivity contribution in [3.05, 3.63) is 95.5 Å². The Kier molecular flexibility index (Phi) is 6.56. The average molecular weight is 424 g/mol. The van der Waals surface area contributed by atoms with Crippen LogP contribution >= 0.6 is 0 Å². The molecule has 0 aliphatic carbocycles. The SMILES string of the molecule is CCCc1ccc(-c2cc(C(=O)N/N=C\C(C)=C\c3ccco3)c3ccccc3n2)cc1. The van der Waals surface area contributed by atoms with E-state index in [0.717, 1.165) is 46.3 Å². The second kappa shape index (κ2) is 9.88. The lowest BCUT2D eigenvalue weighted by molar-refractivity contribution is 0.0956. The van der Waals surface area contributed by atoms with Gasteiger partial charge in [0.15, 0.2) is 0 Å². The molecular weight excluding hydrogens is 398 g/mol. The van der Waals surface area contributed by atoms with Crippen molar-refractivity contribution in [2.75, 3.05) is 0 Å². The molecule has 4 aromatic rings. The fourth-order valence-corrected chi connectivity index (χ4v) is 3.53. The van der Waals surface area contributed by atoms with Crippen LogP contribution < -0.4 is 5.43 Å². The molecule has 1 N–H and O–H groups in total. The summed E-state index contributed by atoms with van der Waals surface area (Å²) in [5.74, 6) is 0.449. The maximum Gasteiger partial charge on any atom is 0.272 e. The minimum absolute atomic E-state index is 0.283. The Bertz CT molecular complexity index is 1270. The molecule has 160 valence electrons. The zero-order chi connectivity index (χ0) is 22.3. The predicted octanol–water partition coefficient (Wildman–Crippen LogP) is 6.27. The highest BCUT2D eigenvalue weighted by Gasteiger charge is 2.13. The van der Waals surface area contributed by atoms with Gasteiger partial charge in [0.05, 0.1) is 29.3 Å². The molecule has 2 aromatic carbocycles. The first-order valence-corrected chi connectivity index (χ1v) is 10.7. The van der Waals surface area contributed by atoms with E-state index in [9.17, 15) is 4.79 Å². The van der Waals surface area contributed by atoms with Gasteiger partial charge in [-0.05, 0) is 54.8 Å². The number of carbonyl (C=O) groups is 1. The molecule has 0 fully saturated rings. The summed E-state index contributed by atoms with van der Waals surface area (Å²) in [6, 6.07) is 21.5. The topological polar surface area (TPSA) is 67.5 Å². The van der Waals surface area contributed by atoms with Crippen LogP contribution in [0.3, 0.4) is 0 Å². The molecule has 0 bridgehead atoms. The van der Waals surface area contributed by atoms with Crippen LogP contribution in [0, 0.1) is 0 Å². The Morgan fingerprint density at radius 2 is 1.91 bits per heavy atom. The third-order valence-electron chi connectivity index (χ3n) is 5.10. The van der Waals surface area contributed by atoms with Gasteiger partial charge in [-0.15, -0.1) is 0 Å². The van der Waals surface area contributed by atoms with Crippen LogP contribution in [0.2, 0.25) is 0 Å². The second-order valence-electron chi connectivity index (χ2n) is 7.62. The molecule has 0 aliphatic rings. The first-order chi connectivity index (χ1) is 15.6. The van der Waals surface area contributed by atoms with E-state index in [-0.39, 0.29) is 5.91 Å². The molecule has 0 radical (unpaired) electrons. The lowest BCUT2D eigenvalue weighted by Crippen LogP contribution is -2.18. The number of aryl methyl sites for hydroxylation is 1. The number of nitrogens with one attached hydrogen (secondary N) is 1. The highest BCUT2D eigenvalue weighted by atomic mass is 16.3. The molecule has 4 rings (SSSR count). The van der Waals surface area contributed by atoms with Gasteiger partial charge in [0.25, 0.3) is 5.91 Å². The number of rotatable bonds is 7. The molecule has 2 heterocycles. The van der Waals surface area contributed by atoms with Gasteiger partial charge in [0.2, 0.25) is 0 Å². The third-order valence-corrected chi connectivity index (χ3v) is 5.10. The molecule has 0 saturated carbocycles. The van der Waals surface area contributed by atoms with Gasteiger partial charge in [0, 0.05) is 10.9 Å². The van der Waals surface area contributed by atoms with E-state index in [1.165, 1.54) is 5.56 Å². The lowest BCUT2D eigenvalue weighted by Gasteiger charge is -2.09. The van der Waals surface area contributed by atoms with Crippen molar-refractivity contribution >= 4 is 29.1 Å². The minimum Gasteiger partial charge on any atom is -0.465 e. The van der Waals surface area contributed by atoms with Crippen molar-refractivity contribution in [3.8, 4) is 11.3 Å². The van der Waals surface area contributed by atoms with Crippen LogP contribution in [0.5, 0.6) is 0 Å². The number of amides is 1. The van der Waals surface area contributed by atoms with Crippen LogP contribution in [-0.4, -0.2) is 17.1 Å². The van der Waals surface area contributed by atoms with Crippen molar-refractivity contribution in [2.24, 2.45) is 5.10 Å². The van der Waals surface area contributed by atoms with Crippen molar-refractivity contribution < 1.29 is 9.21 Å². The summed E-state index contributed by atoms with van der Waals surface area (Å²) >= 11 is 0. The quantitative estimate of drug-likeness (QED) is 0.281. The number of furan rings is 1. The third kappa shape index (κ3) is 5.01. The van der Waals surface area contributed by atoms with Gasteiger partial charge in [-0.1, -0.05) is 55.8 Å². The zero-order valence-electron chi connectivity index (χ0n) is 18.2. The number of aromatic nitrogens is 1. The van der Waals surface area contributed by atoms with E-state index in [1.54, 1.807) is 12.5 Å². The highest BCUT2D eigenvalue weighted by molar-refractivity contribution is 6.07. The first-order valence-electron chi connectivity index (χ1n) is 10.7. The number of pyridine rings is 1. The molecule has 0 atom stereocenters. The number of carbonyl (C=O) groups excluding carboxylic acids is 1. The smallest absolute Gasteiger partial charge is 0.272 e. The van der Waals surface area contributed by atoms with Crippen molar-refractivity contribution in [1.29, 1.82) is 0 Å². The summed E-state index contributed by atoms with van der Waals surface area (Å²) in [6.07, 6.45) is 7.20. The average Bonchev–Trinajstić information content (AvgIpc) is 3.32. The van der Waals surface area contributed by atoms with Gasteiger partial charge >= 0.3 is 0 Å². The number of hydrogen-bond donors (Lipinski definition) is 1. The van der Waals surface area contributed by atoms with Crippen LogP contribution in [-0.2, 0) is 6.42 Å². The van der Waals surface area contributed by atoms with Crippen LogP contribution in [0.15, 0.2) is 88.1 Å². The number of allylic oxidation sites excluding steroid dienone is 1. The molecular formula is C27H25N3O2. The maximum atomic E-state index is 13.0. The van der Waals surface area contributed by atoms with Gasteiger partial charge in [-0.2, -0.15) is 5.10 Å². The van der Waals surface area contributed by atoms with E-state index in [2.05, 4.69) is 41.7 Å². The fourth-order valence-electron chi connectivity index (χ4n) is 3.53. The van der Waals surface area contributed by atoms with Crippen LogP contribution in [0.1, 0.15) is 41.9 Å². The summed E-state index contributed by atoms with van der Waals surface area (Å²) in [6.45, 7) is 4.06. The van der Waals surface area contributed by atoms with Gasteiger partial charge in [-0.25, -0.2) is 10.4 Å². The maximum absolute atomic E-state index is 13.0. The van der Waals surface area contributed by atoms with E-state index in [4.69, 9.17) is 9.40 Å². The number of para-hydroxylation sites is 1. The summed E-state index contributed by atoms with van der Waals surface area (Å²) < 4.78 is 5.29. The summed E-state index contributed by atoms with van der Waals surface area (Å²) in [7, 11) is 0. The fraction of sp³-hybridized carbons (Fsp3) is 0.148. The Labute approximate surface area is 187 Å². The molecule has 2 aromatic heterocycles. The Balaban J connectivity index is 1.61. The standard InChI is InChI=1S/C27H25N3O2/c1-3-7-20-11-13-21(14-12-20)26-17-24(23-9-4-5-10-25(23)29-26)27(31)30-28-18-19(2)16-22-8-6-15-32-22/h4-6,8-18H,3,7H2,1-2H3,(H,30,31)/b19-16+,28-18-. The number of hydrazone groups is 1. The molecule has 1 amide bonds. The summed E-state index contributed by atoms with van der Waals surface area (Å²) in [4.78, 5) is 17.8. The molecule has 0 unspecified atom stereocenters. The van der Waals surface area contributed by atoms with E-state index in [1.807, 2.05) is 55.5 Å². The van der Waals surface area contributed by atoms with Crippen molar-refractivity contribution in [2.45, 2.75) is 26.7 Å². The highest BCUT2D eigenvalue weighted by Crippen LogP contribution is 2.25. The van der Waals surface area contributed by atoms with Crippen LogP contribution in [0.25, 0.3) is 28.2 Å². The molecule has 0 aliphatic heterocycles. The Morgan fingerprint density at radius 1 is 1.09 bits per heavy atom. The molecule has 5 nitrogen and oxygen atoms in total. The summed E-state index contributed by atoms with van der Waals surface area (Å²) in [5.41, 5.74) is 7.83. The Morgan fingerprint density at radius 3 is 2.66 bits per heavy atom. The van der Waals surface area contributed by atoms with Gasteiger partial charge < -0.3 is 4.42 Å². The monoisotopic (exact) mass is 423 g/mol. The van der Waals surface area contributed by atoms with E-state index in [0.29, 0.717) is 5.56 Å². The first kappa shape index (κ1) is 21.2. The molecule has 0 saturated heterocycles. The van der Waals surface area contributed by atoms with E-state index < -0.39 is 0 Å². The van der Waals surface area contributed by atoms with Gasteiger partial charge in [0.1, 0.15) is 5.76 Å². The number of hydrogen-bond acceptors (Lipinski definition) is 4. The number of nitrogens with zero attached hydrogens (tertiary/aromatic N) is 2.